The Kier molecular flexibility index (Phi) is 5.61. The molecule has 1 N–H and O–H groups in total. The van der Waals surface area contributed by atoms with E-state index in [0.29, 0.717) is 5.56 Å². The summed E-state index contributed by atoms with van der Waals surface area (Å²) in [6.45, 7) is 1.49. The molecule has 0 atom stereocenters. The molecule has 0 saturated heterocycles. The molecule has 0 unspecified atom stereocenters. The van der Waals surface area contributed by atoms with Crippen LogP contribution in [0.15, 0.2) is 53.4 Å². The quantitative estimate of drug-likeness (QED) is 0.675. The average molecular weight is 315 g/mol. The van der Waals surface area contributed by atoms with Crippen LogP contribution in [0, 0.1) is 0 Å². The predicted molar refractivity (Wildman–Crippen MR) is 88.1 cm³/mol. The SMILES string of the molecule is COC(=O)c1ccc(CSc2ccc(NC(C)=O)cc2)cc1. The molecule has 114 valence electrons. The molecule has 0 spiro atoms. The van der Waals surface area contributed by atoms with Gasteiger partial charge in [0.15, 0.2) is 0 Å². The topological polar surface area (TPSA) is 55.4 Å². The molecule has 2 aromatic rings. The molecule has 2 aromatic carbocycles. The fourth-order valence-electron chi connectivity index (χ4n) is 1.86. The third kappa shape index (κ3) is 4.63. The Labute approximate surface area is 133 Å². The standard InChI is InChI=1S/C17H17NO3S/c1-12(19)18-15-7-9-16(10-8-15)22-11-13-3-5-14(6-4-13)17(20)21-2/h3-10H,11H2,1-2H3,(H,18,19). The highest BCUT2D eigenvalue weighted by atomic mass is 32.2. The number of hydrogen-bond donors (Lipinski definition) is 1. The van der Waals surface area contributed by atoms with Gasteiger partial charge < -0.3 is 10.1 Å². The van der Waals surface area contributed by atoms with E-state index >= 15 is 0 Å². The largest absolute Gasteiger partial charge is 0.465 e. The van der Waals surface area contributed by atoms with E-state index < -0.39 is 0 Å². The molecule has 0 fully saturated rings. The number of rotatable bonds is 5. The number of hydrogen-bond acceptors (Lipinski definition) is 4. The van der Waals surface area contributed by atoms with Crippen LogP contribution in [0.1, 0.15) is 22.8 Å². The van der Waals surface area contributed by atoms with Gasteiger partial charge in [-0.25, -0.2) is 4.79 Å². The minimum atomic E-state index is -0.326. The molecule has 0 saturated carbocycles. The molecule has 2 rings (SSSR count). The summed E-state index contributed by atoms with van der Waals surface area (Å²) in [7, 11) is 1.37. The predicted octanol–water partition coefficient (Wildman–Crippen LogP) is 3.72. The first-order valence-corrected chi connectivity index (χ1v) is 7.75. The second kappa shape index (κ2) is 7.66. The monoisotopic (exact) mass is 315 g/mol. The van der Waals surface area contributed by atoms with E-state index in [1.807, 2.05) is 36.4 Å². The third-order valence-corrected chi connectivity index (χ3v) is 4.04. The zero-order valence-corrected chi connectivity index (χ0v) is 13.3. The number of nitrogens with one attached hydrogen (secondary N) is 1. The second-order valence-corrected chi connectivity index (χ2v) is 5.73. The van der Waals surface area contributed by atoms with E-state index in [1.165, 1.54) is 14.0 Å². The Hall–Kier alpha value is -2.27. The van der Waals surface area contributed by atoms with Gasteiger partial charge in [0.05, 0.1) is 12.7 Å². The van der Waals surface area contributed by atoms with Gasteiger partial charge in [0.25, 0.3) is 0 Å². The summed E-state index contributed by atoms with van der Waals surface area (Å²) in [4.78, 5) is 23.4. The van der Waals surface area contributed by atoms with Crippen molar-refractivity contribution in [2.75, 3.05) is 12.4 Å². The number of ether oxygens (including phenoxy) is 1. The van der Waals surface area contributed by atoms with Crippen molar-refractivity contribution >= 4 is 29.3 Å². The minimum Gasteiger partial charge on any atom is -0.465 e. The summed E-state index contributed by atoms with van der Waals surface area (Å²) in [5.74, 6) is 0.403. The van der Waals surface area contributed by atoms with Gasteiger partial charge in [-0.2, -0.15) is 0 Å². The minimum absolute atomic E-state index is 0.0777. The maximum Gasteiger partial charge on any atom is 0.337 e. The Morgan fingerprint density at radius 2 is 1.68 bits per heavy atom. The molecule has 22 heavy (non-hydrogen) atoms. The van der Waals surface area contributed by atoms with Crippen LogP contribution in [0.2, 0.25) is 0 Å². The van der Waals surface area contributed by atoms with E-state index in [9.17, 15) is 9.59 Å². The van der Waals surface area contributed by atoms with Crippen LogP contribution in [0.3, 0.4) is 0 Å². The molecule has 0 heterocycles. The number of esters is 1. The van der Waals surface area contributed by atoms with E-state index in [-0.39, 0.29) is 11.9 Å². The molecule has 4 nitrogen and oxygen atoms in total. The fraction of sp³-hybridized carbons (Fsp3) is 0.176. The van der Waals surface area contributed by atoms with Crippen molar-refractivity contribution in [3.63, 3.8) is 0 Å². The highest BCUT2D eigenvalue weighted by Gasteiger charge is 2.04. The molecule has 0 radical (unpaired) electrons. The van der Waals surface area contributed by atoms with E-state index in [2.05, 4.69) is 10.1 Å². The lowest BCUT2D eigenvalue weighted by molar-refractivity contribution is -0.114. The van der Waals surface area contributed by atoms with E-state index in [0.717, 1.165) is 21.9 Å². The first kappa shape index (κ1) is 16.1. The molecule has 5 heteroatoms. The van der Waals surface area contributed by atoms with Gasteiger partial charge in [0.2, 0.25) is 5.91 Å². The molecule has 0 aliphatic carbocycles. The lowest BCUT2D eigenvalue weighted by Gasteiger charge is -2.05. The number of methoxy groups -OCH3 is 1. The Morgan fingerprint density at radius 1 is 1.05 bits per heavy atom. The zero-order valence-electron chi connectivity index (χ0n) is 12.5. The first-order valence-electron chi connectivity index (χ1n) is 6.76. The van der Waals surface area contributed by atoms with Crippen molar-refractivity contribution in [2.45, 2.75) is 17.6 Å². The number of anilines is 1. The van der Waals surface area contributed by atoms with Gasteiger partial charge >= 0.3 is 5.97 Å². The van der Waals surface area contributed by atoms with Crippen LogP contribution in [0.4, 0.5) is 5.69 Å². The Morgan fingerprint density at radius 3 is 2.23 bits per heavy atom. The summed E-state index contributed by atoms with van der Waals surface area (Å²) in [5.41, 5.74) is 2.47. The Balaban J connectivity index is 1.92. The number of amides is 1. The summed E-state index contributed by atoms with van der Waals surface area (Å²) in [6.07, 6.45) is 0. The molecular weight excluding hydrogens is 298 g/mol. The summed E-state index contributed by atoms with van der Waals surface area (Å²) < 4.78 is 4.67. The van der Waals surface area contributed by atoms with Crippen molar-refractivity contribution in [3.8, 4) is 0 Å². The highest BCUT2D eigenvalue weighted by molar-refractivity contribution is 7.98. The van der Waals surface area contributed by atoms with Crippen LogP contribution >= 0.6 is 11.8 Å². The van der Waals surface area contributed by atoms with Gasteiger partial charge in [-0.15, -0.1) is 11.8 Å². The lowest BCUT2D eigenvalue weighted by atomic mass is 10.1. The highest BCUT2D eigenvalue weighted by Crippen LogP contribution is 2.24. The van der Waals surface area contributed by atoms with Crippen molar-refractivity contribution < 1.29 is 14.3 Å². The summed E-state index contributed by atoms with van der Waals surface area (Å²) in [6, 6.07) is 15.1. The van der Waals surface area contributed by atoms with Gasteiger partial charge in [-0.1, -0.05) is 12.1 Å². The maximum atomic E-state index is 11.4. The van der Waals surface area contributed by atoms with Gasteiger partial charge in [0, 0.05) is 23.3 Å². The van der Waals surface area contributed by atoms with Crippen LogP contribution in [0.5, 0.6) is 0 Å². The van der Waals surface area contributed by atoms with Gasteiger partial charge in [-0.3, -0.25) is 4.79 Å². The van der Waals surface area contributed by atoms with Crippen molar-refractivity contribution in [2.24, 2.45) is 0 Å². The van der Waals surface area contributed by atoms with Crippen molar-refractivity contribution in [1.82, 2.24) is 0 Å². The van der Waals surface area contributed by atoms with Crippen LogP contribution in [0.25, 0.3) is 0 Å². The van der Waals surface area contributed by atoms with Crippen molar-refractivity contribution in [3.05, 3.63) is 59.7 Å². The van der Waals surface area contributed by atoms with E-state index in [4.69, 9.17) is 0 Å². The normalized spacial score (nSPS) is 10.1. The molecule has 0 aliphatic rings. The third-order valence-electron chi connectivity index (χ3n) is 2.96. The first-order chi connectivity index (χ1) is 10.6. The number of benzene rings is 2. The Bertz CT molecular complexity index is 651. The van der Waals surface area contributed by atoms with Crippen LogP contribution in [-0.2, 0) is 15.3 Å². The van der Waals surface area contributed by atoms with Gasteiger partial charge in [-0.05, 0) is 42.0 Å². The lowest BCUT2D eigenvalue weighted by Crippen LogP contribution is -2.05. The molecular formula is C17H17NO3S. The van der Waals surface area contributed by atoms with Gasteiger partial charge in [0.1, 0.15) is 0 Å². The number of carbonyl (C=O) groups excluding carboxylic acids is 2. The maximum absolute atomic E-state index is 11.4. The molecule has 0 aromatic heterocycles. The molecule has 0 bridgehead atoms. The average Bonchev–Trinajstić information content (AvgIpc) is 2.53. The number of carbonyl (C=O) groups is 2. The van der Waals surface area contributed by atoms with E-state index in [1.54, 1.807) is 23.9 Å². The smallest absolute Gasteiger partial charge is 0.337 e. The second-order valence-electron chi connectivity index (χ2n) is 4.68. The van der Waals surface area contributed by atoms with Crippen LogP contribution in [-0.4, -0.2) is 19.0 Å². The fourth-order valence-corrected chi connectivity index (χ4v) is 2.71. The molecule has 0 aliphatic heterocycles. The number of thioether (sulfide) groups is 1. The van der Waals surface area contributed by atoms with Crippen LogP contribution < -0.4 is 5.32 Å². The van der Waals surface area contributed by atoms with Crippen molar-refractivity contribution in [1.29, 1.82) is 0 Å². The summed E-state index contributed by atoms with van der Waals surface area (Å²) >= 11 is 1.69. The zero-order chi connectivity index (χ0) is 15.9. The summed E-state index contributed by atoms with van der Waals surface area (Å²) in [5, 5.41) is 2.74. The molecule has 1 amide bonds.